The number of ether oxygens (including phenoxy) is 1. The molecule has 0 radical (unpaired) electrons. The zero-order valence-corrected chi connectivity index (χ0v) is 19.7. The van der Waals surface area contributed by atoms with E-state index in [4.69, 9.17) is 4.74 Å². The summed E-state index contributed by atoms with van der Waals surface area (Å²) in [6.45, 7) is 4.17. The van der Waals surface area contributed by atoms with Gasteiger partial charge in [0.15, 0.2) is 0 Å². The molecule has 1 N–H and O–H groups in total. The van der Waals surface area contributed by atoms with Crippen molar-refractivity contribution in [1.82, 2.24) is 4.90 Å². The lowest BCUT2D eigenvalue weighted by Crippen LogP contribution is -2.52. The number of para-hydroxylation sites is 1. The Balaban J connectivity index is 1.64. The van der Waals surface area contributed by atoms with Gasteiger partial charge in [-0.25, -0.2) is 4.79 Å². The molecule has 1 aliphatic carbocycles. The van der Waals surface area contributed by atoms with Gasteiger partial charge in [0.05, 0.1) is 17.6 Å². The fourth-order valence-corrected chi connectivity index (χ4v) is 5.44. The molecule has 2 aromatic rings. The molecule has 2 aromatic carbocycles. The van der Waals surface area contributed by atoms with Crippen LogP contribution in [0.4, 0.5) is 10.5 Å². The highest BCUT2D eigenvalue weighted by molar-refractivity contribution is 5.91. The van der Waals surface area contributed by atoms with Crippen LogP contribution < -0.4 is 4.90 Å². The number of carbonyl (C=O) groups excluding carboxylic acids is 2. The average Bonchev–Trinajstić information content (AvgIpc) is 3.32. The molecule has 0 bridgehead atoms. The van der Waals surface area contributed by atoms with Gasteiger partial charge in [-0.2, -0.15) is 0 Å². The van der Waals surface area contributed by atoms with Gasteiger partial charge < -0.3 is 14.7 Å². The number of amides is 2. The standard InChI is InChI=1S/C27H32N2O5/c1-3-28(24(30)16-18(2)26(31)32)25-20-12-7-8-14-22(20)29(23-15-9-13-21(23)25)27(33)34-17-19-10-5-4-6-11-19/h4-8,10-12,14,18,21,23,25H,3,9,13,15-17H2,1-2H3,(H,31,32)/t18-,21?,23?,25?/m1/s1. The molecule has 0 spiro atoms. The summed E-state index contributed by atoms with van der Waals surface area (Å²) in [5.74, 6) is -1.81. The SMILES string of the molecule is CCN(C(=O)C[C@@H](C)C(=O)O)C1c2ccccc2N(C(=O)OCc2ccccc2)C2CCCC12. The maximum Gasteiger partial charge on any atom is 0.414 e. The third-order valence-electron chi connectivity index (χ3n) is 7.08. The van der Waals surface area contributed by atoms with Gasteiger partial charge >= 0.3 is 12.1 Å². The van der Waals surface area contributed by atoms with Crippen molar-refractivity contribution in [3.63, 3.8) is 0 Å². The fraction of sp³-hybridized carbons (Fsp3) is 0.444. The Morgan fingerprint density at radius 1 is 1.09 bits per heavy atom. The van der Waals surface area contributed by atoms with Crippen molar-refractivity contribution in [2.24, 2.45) is 11.8 Å². The molecule has 2 amide bonds. The van der Waals surface area contributed by atoms with Gasteiger partial charge in [0.2, 0.25) is 5.91 Å². The smallest absolute Gasteiger partial charge is 0.414 e. The maximum atomic E-state index is 13.3. The van der Waals surface area contributed by atoms with Crippen LogP contribution in [-0.4, -0.2) is 40.6 Å². The Bertz CT molecular complexity index is 1040. The largest absolute Gasteiger partial charge is 0.481 e. The van der Waals surface area contributed by atoms with Crippen molar-refractivity contribution >= 4 is 23.7 Å². The molecule has 0 aromatic heterocycles. The Hall–Kier alpha value is -3.35. The molecule has 0 saturated heterocycles. The molecule has 2 aliphatic rings. The van der Waals surface area contributed by atoms with E-state index in [1.54, 1.807) is 11.8 Å². The van der Waals surface area contributed by atoms with E-state index in [2.05, 4.69) is 0 Å². The van der Waals surface area contributed by atoms with E-state index in [0.29, 0.717) is 6.54 Å². The van der Waals surface area contributed by atoms with E-state index < -0.39 is 11.9 Å². The normalized spacial score (nSPS) is 21.8. The summed E-state index contributed by atoms with van der Waals surface area (Å²) >= 11 is 0. The second-order valence-electron chi connectivity index (χ2n) is 9.20. The van der Waals surface area contributed by atoms with Crippen LogP contribution >= 0.6 is 0 Å². The van der Waals surface area contributed by atoms with Gasteiger partial charge in [-0.05, 0) is 37.0 Å². The molecule has 4 rings (SSSR count). The number of hydrogen-bond donors (Lipinski definition) is 1. The van der Waals surface area contributed by atoms with Crippen LogP contribution in [-0.2, 0) is 20.9 Å². The highest BCUT2D eigenvalue weighted by atomic mass is 16.6. The number of carboxylic acid groups (broad SMARTS) is 1. The second-order valence-corrected chi connectivity index (χ2v) is 9.20. The van der Waals surface area contributed by atoms with E-state index >= 15 is 0 Å². The number of benzene rings is 2. The van der Waals surface area contributed by atoms with Crippen LogP contribution in [0.25, 0.3) is 0 Å². The fourth-order valence-electron chi connectivity index (χ4n) is 5.44. The van der Waals surface area contributed by atoms with Crippen LogP contribution in [0.2, 0.25) is 0 Å². The number of carboxylic acids is 1. The van der Waals surface area contributed by atoms with Gasteiger partial charge in [-0.15, -0.1) is 0 Å². The second kappa shape index (κ2) is 10.3. The Kier molecular flexibility index (Phi) is 7.20. The van der Waals surface area contributed by atoms with Crippen molar-refractivity contribution < 1.29 is 24.2 Å². The number of aliphatic carboxylic acids is 1. The first-order valence-electron chi connectivity index (χ1n) is 12.0. The number of nitrogens with zero attached hydrogens (tertiary/aromatic N) is 2. The van der Waals surface area contributed by atoms with Gasteiger partial charge in [0, 0.05) is 24.9 Å². The van der Waals surface area contributed by atoms with Crippen LogP contribution in [0, 0.1) is 11.8 Å². The van der Waals surface area contributed by atoms with Crippen molar-refractivity contribution in [1.29, 1.82) is 0 Å². The number of hydrogen-bond acceptors (Lipinski definition) is 4. The summed E-state index contributed by atoms with van der Waals surface area (Å²) in [6, 6.07) is 17.1. The van der Waals surface area contributed by atoms with Crippen molar-refractivity contribution in [2.75, 3.05) is 11.4 Å². The minimum Gasteiger partial charge on any atom is -0.481 e. The van der Waals surface area contributed by atoms with Crippen LogP contribution in [0.3, 0.4) is 0 Å². The van der Waals surface area contributed by atoms with Gasteiger partial charge in [-0.3, -0.25) is 14.5 Å². The first kappa shape index (κ1) is 23.8. The Morgan fingerprint density at radius 3 is 2.50 bits per heavy atom. The van der Waals surface area contributed by atoms with Gasteiger partial charge in [-0.1, -0.05) is 61.9 Å². The predicted molar refractivity (Wildman–Crippen MR) is 128 cm³/mol. The zero-order chi connectivity index (χ0) is 24.2. The highest BCUT2D eigenvalue weighted by Crippen LogP contribution is 2.50. The van der Waals surface area contributed by atoms with Crippen LogP contribution in [0.15, 0.2) is 54.6 Å². The van der Waals surface area contributed by atoms with Crippen LogP contribution in [0.5, 0.6) is 0 Å². The molecule has 7 heteroatoms. The van der Waals surface area contributed by atoms with E-state index in [1.807, 2.05) is 66.4 Å². The Labute approximate surface area is 200 Å². The molecule has 34 heavy (non-hydrogen) atoms. The van der Waals surface area contributed by atoms with Crippen molar-refractivity contribution in [3.05, 3.63) is 65.7 Å². The lowest BCUT2D eigenvalue weighted by molar-refractivity contribution is -0.146. The molecule has 1 heterocycles. The number of carbonyl (C=O) groups is 3. The summed E-state index contributed by atoms with van der Waals surface area (Å²) in [7, 11) is 0. The minimum absolute atomic E-state index is 0.0396. The molecule has 1 saturated carbocycles. The first-order chi connectivity index (χ1) is 16.4. The highest BCUT2D eigenvalue weighted by Gasteiger charge is 2.49. The zero-order valence-electron chi connectivity index (χ0n) is 19.7. The maximum absolute atomic E-state index is 13.3. The lowest BCUT2D eigenvalue weighted by Gasteiger charge is -2.47. The molecule has 7 nitrogen and oxygen atoms in total. The summed E-state index contributed by atoms with van der Waals surface area (Å²) in [6.07, 6.45) is 2.28. The number of fused-ring (bicyclic) bond motifs is 2. The average molecular weight is 465 g/mol. The van der Waals surface area contributed by atoms with Crippen LogP contribution in [0.1, 0.15) is 56.7 Å². The number of anilines is 1. The van der Waals surface area contributed by atoms with E-state index in [0.717, 1.165) is 36.1 Å². The Morgan fingerprint density at radius 2 is 1.79 bits per heavy atom. The third-order valence-corrected chi connectivity index (χ3v) is 7.08. The van der Waals surface area contributed by atoms with E-state index in [1.165, 1.54) is 0 Å². The first-order valence-corrected chi connectivity index (χ1v) is 12.0. The molecule has 1 fully saturated rings. The van der Waals surface area contributed by atoms with Gasteiger partial charge in [0.25, 0.3) is 0 Å². The summed E-state index contributed by atoms with van der Waals surface area (Å²) in [4.78, 5) is 41.5. The van der Waals surface area contributed by atoms with Crippen molar-refractivity contribution in [3.8, 4) is 0 Å². The topological polar surface area (TPSA) is 87.2 Å². The van der Waals surface area contributed by atoms with Crippen molar-refractivity contribution in [2.45, 2.75) is 58.2 Å². The van der Waals surface area contributed by atoms with E-state index in [9.17, 15) is 19.5 Å². The lowest BCUT2D eigenvalue weighted by atomic mass is 9.81. The third kappa shape index (κ3) is 4.65. The molecular weight excluding hydrogens is 432 g/mol. The molecular formula is C27H32N2O5. The summed E-state index contributed by atoms with van der Waals surface area (Å²) in [5, 5.41) is 9.30. The van der Waals surface area contributed by atoms with E-state index in [-0.39, 0.29) is 43.0 Å². The molecule has 1 aliphatic heterocycles. The summed E-state index contributed by atoms with van der Waals surface area (Å²) in [5.41, 5.74) is 2.61. The van der Waals surface area contributed by atoms with Gasteiger partial charge in [0.1, 0.15) is 6.61 Å². The minimum atomic E-state index is -0.973. The summed E-state index contributed by atoms with van der Waals surface area (Å²) < 4.78 is 5.72. The molecule has 180 valence electrons. The molecule has 4 atom stereocenters. The monoisotopic (exact) mass is 464 g/mol. The quantitative estimate of drug-likeness (QED) is 0.622. The predicted octanol–water partition coefficient (Wildman–Crippen LogP) is 5.01. The molecule has 3 unspecified atom stereocenters. The number of rotatable bonds is 7.